The normalized spacial score (nSPS) is 10.6. The Kier molecular flexibility index (Phi) is 9.69. The number of aliphatic imine (C=N–C) groups is 2. The van der Waals surface area contributed by atoms with Crippen molar-refractivity contribution in [2.75, 3.05) is 26.3 Å². The first kappa shape index (κ1) is 25.3. The topological polar surface area (TPSA) is 77.3 Å². The number of nitrogens with zero attached hydrogens (tertiary/aromatic N) is 2. The lowest BCUT2D eigenvalue weighted by Gasteiger charge is -2.08. The fourth-order valence-electron chi connectivity index (χ4n) is 3.21. The molecule has 6 nitrogen and oxygen atoms in total. The maximum atomic E-state index is 12.1. The van der Waals surface area contributed by atoms with Crippen LogP contribution in [0.2, 0.25) is 0 Å². The molecule has 0 N–H and O–H groups in total. The third kappa shape index (κ3) is 8.85. The molecule has 0 saturated carbocycles. The summed E-state index contributed by atoms with van der Waals surface area (Å²) >= 11 is 0. The summed E-state index contributed by atoms with van der Waals surface area (Å²) in [4.78, 5) is 31.3. The summed E-state index contributed by atoms with van der Waals surface area (Å²) in [5, 5.41) is 0. The number of benzene rings is 3. The van der Waals surface area contributed by atoms with E-state index in [1.165, 1.54) is 0 Å². The average Bonchev–Trinajstić information content (AvgIpc) is 2.88. The number of carbonyl (C=O) groups excluding carboxylic acids is 2. The zero-order valence-electron chi connectivity index (χ0n) is 19.6. The van der Waals surface area contributed by atoms with E-state index in [1.54, 1.807) is 12.3 Å². The van der Waals surface area contributed by atoms with Gasteiger partial charge in [-0.1, -0.05) is 55.1 Å². The molecule has 0 bridgehead atoms. The van der Waals surface area contributed by atoms with Gasteiger partial charge in [-0.05, 0) is 65.7 Å². The van der Waals surface area contributed by atoms with Gasteiger partial charge >= 0.3 is 0 Å². The second-order valence-corrected chi connectivity index (χ2v) is 7.85. The van der Waals surface area contributed by atoms with E-state index in [1.807, 2.05) is 72.8 Å². The summed E-state index contributed by atoms with van der Waals surface area (Å²) < 4.78 is 11.1. The molecule has 0 amide bonds. The van der Waals surface area contributed by atoms with Crippen molar-refractivity contribution in [1.82, 2.24) is 0 Å². The van der Waals surface area contributed by atoms with E-state index in [4.69, 9.17) is 9.47 Å². The maximum Gasteiger partial charge on any atom is 0.191 e. The van der Waals surface area contributed by atoms with Crippen LogP contribution < -0.4 is 9.47 Å². The predicted octanol–water partition coefficient (Wildman–Crippen LogP) is 4.64. The standard InChI is InChI=1S/C29H28N2O4/c1-3-22-5-4-6-25(15-22)17-31-19-27(33)21-35-29-13-9-24(10-14-29)16-23-7-11-28(12-8-23)34-20-26(32)18-30-2/h3-15,17H,1-2,16,18-21H2. The molecule has 3 rings (SSSR count). The van der Waals surface area contributed by atoms with Gasteiger partial charge in [-0.2, -0.15) is 0 Å². The lowest BCUT2D eigenvalue weighted by Crippen LogP contribution is -2.14. The number of Topliss-reactive ketones (excluding diaryl/α,β-unsaturated/α-hetero) is 2. The van der Waals surface area contributed by atoms with Crippen LogP contribution >= 0.6 is 0 Å². The third-order valence-electron chi connectivity index (χ3n) is 5.00. The van der Waals surface area contributed by atoms with E-state index in [0.29, 0.717) is 11.5 Å². The van der Waals surface area contributed by atoms with Crippen molar-refractivity contribution in [1.29, 1.82) is 0 Å². The number of hydrogen-bond acceptors (Lipinski definition) is 6. The Bertz CT molecular complexity index is 1180. The van der Waals surface area contributed by atoms with E-state index in [-0.39, 0.29) is 37.9 Å². The minimum Gasteiger partial charge on any atom is -0.486 e. The van der Waals surface area contributed by atoms with Crippen molar-refractivity contribution in [3.05, 3.63) is 102 Å². The molecule has 3 aromatic rings. The number of carbonyl (C=O) groups is 2. The summed E-state index contributed by atoms with van der Waals surface area (Å²) in [5.74, 6) is 1.05. The van der Waals surface area contributed by atoms with Gasteiger partial charge in [0.1, 0.15) is 37.8 Å². The van der Waals surface area contributed by atoms with Crippen molar-refractivity contribution in [2.24, 2.45) is 9.98 Å². The van der Waals surface area contributed by atoms with Crippen molar-refractivity contribution >= 4 is 30.6 Å². The molecule has 35 heavy (non-hydrogen) atoms. The van der Waals surface area contributed by atoms with E-state index >= 15 is 0 Å². The van der Waals surface area contributed by atoms with Crippen LogP contribution in [-0.4, -0.2) is 50.8 Å². The highest BCUT2D eigenvalue weighted by atomic mass is 16.5. The van der Waals surface area contributed by atoms with Crippen molar-refractivity contribution in [3.8, 4) is 11.5 Å². The molecule has 0 aliphatic rings. The molecule has 6 heteroatoms. The van der Waals surface area contributed by atoms with Crippen LogP contribution in [0, 0.1) is 0 Å². The summed E-state index contributed by atoms with van der Waals surface area (Å²) in [7, 11) is 0. The summed E-state index contributed by atoms with van der Waals surface area (Å²) in [5.41, 5.74) is 4.14. The minimum atomic E-state index is -0.115. The van der Waals surface area contributed by atoms with Gasteiger partial charge in [0, 0.05) is 6.21 Å². The van der Waals surface area contributed by atoms with Gasteiger partial charge in [0.15, 0.2) is 11.6 Å². The quantitative estimate of drug-likeness (QED) is 0.323. The number of ether oxygens (including phenoxy) is 2. The molecule has 178 valence electrons. The average molecular weight is 469 g/mol. The van der Waals surface area contributed by atoms with Gasteiger partial charge in [-0.25, -0.2) is 0 Å². The Balaban J connectivity index is 1.42. The van der Waals surface area contributed by atoms with Crippen LogP contribution in [0.4, 0.5) is 0 Å². The molecule has 0 aliphatic heterocycles. The van der Waals surface area contributed by atoms with Crippen LogP contribution in [0.25, 0.3) is 6.08 Å². The monoisotopic (exact) mass is 468 g/mol. The van der Waals surface area contributed by atoms with Gasteiger partial charge in [-0.15, -0.1) is 0 Å². The number of rotatable bonds is 14. The molecule has 0 aliphatic carbocycles. The molecule has 0 spiro atoms. The first-order valence-electron chi connectivity index (χ1n) is 11.2. The van der Waals surface area contributed by atoms with Gasteiger partial charge in [0.2, 0.25) is 0 Å². The van der Waals surface area contributed by atoms with Crippen LogP contribution in [0.15, 0.2) is 89.4 Å². The molecule has 0 atom stereocenters. The predicted molar refractivity (Wildman–Crippen MR) is 140 cm³/mol. The minimum absolute atomic E-state index is 0.0156. The van der Waals surface area contributed by atoms with Crippen molar-refractivity contribution in [2.45, 2.75) is 6.42 Å². The van der Waals surface area contributed by atoms with Crippen molar-refractivity contribution in [3.63, 3.8) is 0 Å². The second-order valence-electron chi connectivity index (χ2n) is 7.85. The number of ketones is 2. The Morgan fingerprint density at radius 1 is 0.771 bits per heavy atom. The van der Waals surface area contributed by atoms with Crippen molar-refractivity contribution < 1.29 is 19.1 Å². The molecular formula is C29H28N2O4. The van der Waals surface area contributed by atoms with E-state index in [0.717, 1.165) is 28.7 Å². The molecule has 0 fully saturated rings. The van der Waals surface area contributed by atoms with Gasteiger partial charge < -0.3 is 9.47 Å². The molecule has 0 unspecified atom stereocenters. The van der Waals surface area contributed by atoms with E-state index in [2.05, 4.69) is 23.3 Å². The van der Waals surface area contributed by atoms with Gasteiger partial charge in [-0.3, -0.25) is 19.6 Å². The first-order valence-corrected chi connectivity index (χ1v) is 11.2. The highest BCUT2D eigenvalue weighted by molar-refractivity contribution is 5.86. The van der Waals surface area contributed by atoms with Gasteiger partial charge in [0.05, 0.1) is 0 Å². The third-order valence-corrected chi connectivity index (χ3v) is 5.00. The highest BCUT2D eigenvalue weighted by Gasteiger charge is 2.05. The largest absolute Gasteiger partial charge is 0.486 e. The lowest BCUT2D eigenvalue weighted by molar-refractivity contribution is -0.120. The number of hydrogen-bond donors (Lipinski definition) is 0. The summed E-state index contributed by atoms with van der Waals surface area (Å²) in [6.45, 7) is 7.12. The SMILES string of the molecule is C=Cc1cccc(C=NCC(=O)COc2ccc(Cc3ccc(OCC(=O)CN=C)cc3)cc2)c1. The molecular weight excluding hydrogens is 440 g/mol. The lowest BCUT2D eigenvalue weighted by atomic mass is 10.0. The molecule has 0 radical (unpaired) electrons. The Labute approximate surface area is 205 Å². The van der Waals surface area contributed by atoms with Crippen LogP contribution in [-0.2, 0) is 16.0 Å². The molecule has 3 aromatic carbocycles. The maximum absolute atomic E-state index is 12.1. The molecule has 0 saturated heterocycles. The van der Waals surface area contributed by atoms with Crippen LogP contribution in [0.3, 0.4) is 0 Å². The fraction of sp³-hybridized carbons (Fsp3) is 0.172. The molecule has 0 aromatic heterocycles. The summed E-state index contributed by atoms with van der Waals surface area (Å²) in [6, 6.07) is 23.0. The van der Waals surface area contributed by atoms with E-state index < -0.39 is 0 Å². The Morgan fingerprint density at radius 2 is 1.31 bits per heavy atom. The smallest absolute Gasteiger partial charge is 0.191 e. The van der Waals surface area contributed by atoms with Gasteiger partial charge in [0.25, 0.3) is 0 Å². The zero-order valence-corrected chi connectivity index (χ0v) is 19.6. The van der Waals surface area contributed by atoms with Crippen LogP contribution in [0.5, 0.6) is 11.5 Å². The Morgan fingerprint density at radius 3 is 1.86 bits per heavy atom. The summed E-state index contributed by atoms with van der Waals surface area (Å²) in [6.07, 6.45) is 4.18. The first-order chi connectivity index (χ1) is 17.1. The second kappa shape index (κ2) is 13.4. The van der Waals surface area contributed by atoms with Crippen LogP contribution in [0.1, 0.15) is 22.3 Å². The van der Waals surface area contributed by atoms with E-state index in [9.17, 15) is 9.59 Å². The molecule has 0 heterocycles. The zero-order chi connectivity index (χ0) is 24.9. The highest BCUT2D eigenvalue weighted by Crippen LogP contribution is 2.18. The Hall–Kier alpha value is -4.32. The fourth-order valence-corrected chi connectivity index (χ4v) is 3.21.